The van der Waals surface area contributed by atoms with Gasteiger partial charge >= 0.3 is 24.2 Å². The van der Waals surface area contributed by atoms with Gasteiger partial charge < -0.3 is 110 Å². The fraction of sp³-hybridized carbons (Fsp3) is 0.604. The third kappa shape index (κ3) is 35.2. The number of amides is 18. The summed E-state index contributed by atoms with van der Waals surface area (Å²) in [7, 11) is 0. The van der Waals surface area contributed by atoms with Crippen LogP contribution in [0.2, 0.25) is 0 Å². The zero-order valence-corrected chi connectivity index (χ0v) is 82.9. The molecule has 18 amide bonds. The number of para-hydroxylation sites is 1. The van der Waals surface area contributed by atoms with Gasteiger partial charge in [0.15, 0.2) is 0 Å². The Morgan fingerprint density at radius 1 is 0.408 bits per heavy atom. The minimum Gasteiger partial charge on any atom is -0.508 e. The first-order chi connectivity index (χ1) is 66.9. The highest BCUT2D eigenvalue weighted by atomic mass is 32.2. The highest BCUT2D eigenvalue weighted by Gasteiger charge is 2.48. The number of hydrogen-bond donors (Lipinski definition) is 19. The van der Waals surface area contributed by atoms with Gasteiger partial charge in [-0.2, -0.15) is 38.1 Å². The van der Waals surface area contributed by atoms with Gasteiger partial charge in [0.1, 0.15) is 96.4 Å². The molecule has 4 aromatic rings. The molecule has 3 aliphatic heterocycles. The first kappa shape index (κ1) is 116. The van der Waals surface area contributed by atoms with E-state index < -0.39 is 284 Å². The second kappa shape index (κ2) is 55.1. The summed E-state index contributed by atoms with van der Waals surface area (Å²) in [6.07, 6.45) is -9.29. The molecule has 46 heteroatoms. The van der Waals surface area contributed by atoms with Crippen molar-refractivity contribution >= 4 is 129 Å². The minimum atomic E-state index is -5.27. The van der Waals surface area contributed by atoms with Gasteiger partial charge in [0, 0.05) is 62.5 Å². The molecule has 784 valence electrons. The fourth-order valence-electron chi connectivity index (χ4n) is 16.6. The number of aromatic hydroxyl groups is 1. The molecule has 39 nitrogen and oxygen atoms in total. The van der Waals surface area contributed by atoms with Gasteiger partial charge in [-0.25, -0.2) is 0 Å². The maximum Gasteiger partial charge on any atom is 0.471 e. The number of aromatic nitrogens is 1. The zero-order chi connectivity index (χ0) is 105. The minimum absolute atomic E-state index is 0.00120. The van der Waals surface area contributed by atoms with E-state index in [4.69, 9.17) is 0 Å². The number of nitrogens with zero attached hydrogens (tertiary/aromatic N) is 2. The third-order valence-electron chi connectivity index (χ3n) is 24.6. The second-order valence-electron chi connectivity index (χ2n) is 38.0. The van der Waals surface area contributed by atoms with E-state index in [1.807, 2.05) is 0 Å². The van der Waals surface area contributed by atoms with Crippen molar-refractivity contribution in [1.29, 1.82) is 0 Å². The zero-order valence-electron chi connectivity index (χ0n) is 82.1. The number of aliphatic hydroxyl groups excluding tert-OH is 1. The van der Waals surface area contributed by atoms with Crippen LogP contribution >= 0.6 is 11.8 Å². The number of carbonyl (C=O) groups excluding carboxylic acids is 18. The van der Waals surface area contributed by atoms with Crippen molar-refractivity contribution in [2.45, 2.75) is 282 Å². The van der Waals surface area contributed by atoms with Crippen LogP contribution in [0.4, 0.5) is 26.3 Å². The Morgan fingerprint density at radius 2 is 0.789 bits per heavy atom. The number of rotatable bonds is 27. The van der Waals surface area contributed by atoms with Gasteiger partial charge in [-0.1, -0.05) is 144 Å². The molecule has 15 atom stereocenters. The number of fused-ring (bicyclic) bond motifs is 3. The number of nitrogens with one attached hydrogen (secondary N) is 17. The molecule has 4 heterocycles. The Balaban J connectivity index is 1.29. The number of alkyl halides is 6. The molecule has 7 rings (SSSR count). The van der Waals surface area contributed by atoms with Gasteiger partial charge in [0.2, 0.25) is 94.5 Å². The smallest absolute Gasteiger partial charge is 0.471 e. The summed E-state index contributed by atoms with van der Waals surface area (Å²) in [4.78, 5) is 267. The molecule has 3 fully saturated rings. The lowest BCUT2D eigenvalue weighted by Crippen LogP contribution is -2.62. The highest BCUT2D eigenvalue weighted by Crippen LogP contribution is 2.29. The third-order valence-corrected chi connectivity index (χ3v) is 25.2. The number of phenols is 1. The van der Waals surface area contributed by atoms with Gasteiger partial charge in [0.05, 0.1) is 13.2 Å². The van der Waals surface area contributed by atoms with Gasteiger partial charge in [-0.15, -0.1) is 0 Å². The number of hydrogen-bond acceptors (Lipinski definition) is 21. The number of H-pyrrole nitrogens is 1. The maximum atomic E-state index is 15.3. The number of halogens is 6. The van der Waals surface area contributed by atoms with E-state index in [0.29, 0.717) is 27.6 Å². The lowest BCUT2D eigenvalue weighted by atomic mass is 9.98. The van der Waals surface area contributed by atoms with Gasteiger partial charge in [0.25, 0.3) is 0 Å². The lowest BCUT2D eigenvalue weighted by molar-refractivity contribution is -0.173. The average Bonchev–Trinajstić information content (AvgIpc) is 1.63. The molecule has 0 radical (unpaired) electrons. The topological polar surface area (TPSA) is 562 Å². The van der Waals surface area contributed by atoms with E-state index in [1.54, 1.807) is 133 Å². The summed E-state index contributed by atoms with van der Waals surface area (Å²) in [6, 6.07) is -2.20. The fourth-order valence-corrected chi connectivity index (χ4v) is 17.1. The number of aromatic amines is 1. The van der Waals surface area contributed by atoms with Crippen LogP contribution in [0.15, 0.2) is 85.1 Å². The summed E-state index contributed by atoms with van der Waals surface area (Å²) in [6.45, 7) is 15.6. The number of phenolic OH excluding ortho intramolecular Hbond substituents is 1. The Kier molecular flexibility index (Phi) is 45.1. The molecular formula is C96H137F6N19O20S. The Bertz CT molecular complexity index is 5030. The van der Waals surface area contributed by atoms with E-state index in [-0.39, 0.29) is 108 Å². The molecule has 0 unspecified atom stereocenters. The molecule has 3 saturated heterocycles. The van der Waals surface area contributed by atoms with Crippen LogP contribution in [0.25, 0.3) is 10.9 Å². The van der Waals surface area contributed by atoms with Crippen molar-refractivity contribution in [3.05, 3.63) is 102 Å². The van der Waals surface area contributed by atoms with Crippen LogP contribution in [0.1, 0.15) is 177 Å². The molecule has 0 bridgehead atoms. The molecule has 0 saturated carbocycles. The Labute approximate surface area is 824 Å². The SMILES string of the molecule is CSCC[C@@H]1NC(=O)[C@H](C(C)C)NC(=O)[C@H](C(C)C)NC(=O)[C@H](Cc2ccc(O)cc2)NC(=O)[C@H](Cc2ccccc2)NC(=O)[C@@H]2CCCN2C(=O)[C@H]2CCCN2C(=O)[C@H](C(C)C)NC(=O)[C@H](C(C)C)NC(=O)[C@H](CCCCNC(=O)C(F)(F)F)NC(=O)[C@H](C(C)C)NC(=O)[C@H](CO)NC(=O)[C@H](CC(C)C)NC(=O)CNC(=O)[C@H](CCCCNC(=O)C(F)(F)F)NC(=O)[C@H](Cc2c[nH]c3ccccc23)NC1=O. The number of thioether (sulfide) groups is 1. The summed E-state index contributed by atoms with van der Waals surface area (Å²) in [5.74, 6) is -24.3. The van der Waals surface area contributed by atoms with Crippen LogP contribution in [0.3, 0.4) is 0 Å². The van der Waals surface area contributed by atoms with Crippen molar-refractivity contribution in [1.82, 2.24) is 99.9 Å². The van der Waals surface area contributed by atoms with Crippen molar-refractivity contribution < 1.29 is 123 Å². The maximum absolute atomic E-state index is 15.3. The van der Waals surface area contributed by atoms with Crippen LogP contribution in [-0.4, -0.2) is 286 Å². The molecule has 0 spiro atoms. The van der Waals surface area contributed by atoms with Crippen LogP contribution in [0.5, 0.6) is 5.75 Å². The monoisotopic (exact) mass is 2020 g/mol. The molecule has 1 aromatic heterocycles. The number of benzene rings is 3. The average molecular weight is 2020 g/mol. The van der Waals surface area contributed by atoms with Crippen LogP contribution in [-0.2, 0) is 106 Å². The quantitative estimate of drug-likeness (QED) is 0.0300. The Morgan fingerprint density at radius 3 is 1.27 bits per heavy atom. The first-order valence-corrected chi connectivity index (χ1v) is 49.3. The number of unbranched alkanes of at least 4 members (excludes halogenated alkanes) is 2. The Hall–Kier alpha value is -12.7. The lowest BCUT2D eigenvalue weighted by Gasteiger charge is -2.35. The molecule has 3 aromatic carbocycles. The molecular weight excluding hydrogens is 1890 g/mol. The van der Waals surface area contributed by atoms with Crippen molar-refractivity contribution in [2.24, 2.45) is 35.5 Å². The highest BCUT2D eigenvalue weighted by molar-refractivity contribution is 7.98. The van der Waals surface area contributed by atoms with Gasteiger partial charge in [-0.05, 0) is 159 Å². The van der Waals surface area contributed by atoms with E-state index in [0.717, 1.165) is 0 Å². The van der Waals surface area contributed by atoms with Crippen molar-refractivity contribution in [3.63, 3.8) is 0 Å². The largest absolute Gasteiger partial charge is 0.508 e. The molecule has 142 heavy (non-hydrogen) atoms. The van der Waals surface area contributed by atoms with E-state index in [2.05, 4.69) is 79.4 Å². The van der Waals surface area contributed by atoms with E-state index >= 15 is 33.6 Å². The molecule has 19 N–H and O–H groups in total. The van der Waals surface area contributed by atoms with Crippen LogP contribution < -0.4 is 85.1 Å². The van der Waals surface area contributed by atoms with Crippen molar-refractivity contribution in [2.75, 3.05) is 51.3 Å². The summed E-state index contributed by atoms with van der Waals surface area (Å²) in [5, 5.41) is 61.8. The number of aliphatic hydroxyl groups is 1. The normalized spacial score (nSPS) is 24.6. The predicted octanol–water partition coefficient (Wildman–Crippen LogP) is 2.08. The standard InChI is InChI=1S/C96H137F6N19O20S/c1-50(2)43-65-81(128)114-69(49-122)85(132)117-73(51(3)4)87(134)109-63(30-20-22-39-104-94(141)96(100,101)102)80(127)115-76(54(9)10)90(137)119-77(55(11)12)92(139)121-41-24-32-71(121)91(138)120-40-23-31-70(120)86(133)113-66(44-56-25-15-14-16-26-56)82(129)111-67(45-57-33-35-59(123)36-34-57)84(131)116-75(53(7)8)89(136)118-74(52(5)6)88(135)110-64(37-42-142-13)79(126)112-68(46-58-47-105-61-28-18-17-27-60(58)61)83(130)108-62(78(125)106-48-72(124)107-65)29-19-21-38-103-93(140)95(97,98)99/h14-18,25-28,33-36,47,50-55,62-71,73-77,105,122-123H,19-24,29-32,37-46,48-49H2,1-13H3,(H,103,140)(H,104,141)(H,106,125)(H,107,124)(H,108,130)(H,109,134)(H,110,135)(H,111,129)(H,112,126)(H,113,133)(H,114,128)(H,115,127)(H,116,131)(H,117,132)(H,118,136)(H,119,137)/t62-,63-,64-,65-,66-,67-,68-,69-,70-,71+,73-,74-,75-,76-,77-/m0/s1. The van der Waals surface area contributed by atoms with E-state index in [1.165, 1.54) is 73.5 Å². The summed E-state index contributed by atoms with van der Waals surface area (Å²) in [5.41, 5.74) is 1.95. The molecule has 3 aliphatic rings. The summed E-state index contributed by atoms with van der Waals surface area (Å²) >= 11 is 1.27. The number of carbonyl (C=O) groups is 18. The van der Waals surface area contributed by atoms with Crippen molar-refractivity contribution in [3.8, 4) is 5.75 Å². The van der Waals surface area contributed by atoms with E-state index in [9.17, 15) is 89.3 Å². The first-order valence-electron chi connectivity index (χ1n) is 47.9. The van der Waals surface area contributed by atoms with Gasteiger partial charge in [-0.3, -0.25) is 86.3 Å². The predicted molar refractivity (Wildman–Crippen MR) is 511 cm³/mol. The summed E-state index contributed by atoms with van der Waals surface area (Å²) < 4.78 is 79.8. The second-order valence-corrected chi connectivity index (χ2v) is 39.0. The van der Waals surface area contributed by atoms with Crippen LogP contribution in [0, 0.1) is 35.5 Å². The molecule has 0 aliphatic carbocycles.